The van der Waals surface area contributed by atoms with Crippen LogP contribution in [0.3, 0.4) is 0 Å². The first-order chi connectivity index (χ1) is 12.5. The van der Waals surface area contributed by atoms with E-state index in [4.69, 9.17) is 17.3 Å². The maximum atomic E-state index is 6.05. The number of rotatable bonds is 6. The molecule has 2 aromatic carbocycles. The fourth-order valence-electron chi connectivity index (χ4n) is 2.50. The lowest BCUT2D eigenvalue weighted by Crippen LogP contribution is -2.16. The number of hydrogen-bond acceptors (Lipinski definition) is 6. The first kappa shape index (κ1) is 18.5. The second-order valence-electron chi connectivity index (χ2n) is 5.96. The van der Waals surface area contributed by atoms with E-state index in [0.717, 1.165) is 5.02 Å². The smallest absolute Gasteiger partial charge is 0.229 e. The van der Waals surface area contributed by atoms with Gasteiger partial charge in [-0.2, -0.15) is 15.0 Å². The summed E-state index contributed by atoms with van der Waals surface area (Å²) in [4.78, 5) is 14.7. The van der Waals surface area contributed by atoms with Crippen molar-refractivity contribution in [3.63, 3.8) is 0 Å². The van der Waals surface area contributed by atoms with E-state index in [-0.39, 0.29) is 11.2 Å². The van der Waals surface area contributed by atoms with Gasteiger partial charge in [-0.05, 0) is 23.3 Å². The summed E-state index contributed by atoms with van der Waals surface area (Å²) in [5.41, 5.74) is 8.23. The van der Waals surface area contributed by atoms with Crippen LogP contribution in [0.1, 0.15) is 22.2 Å². The summed E-state index contributed by atoms with van der Waals surface area (Å²) in [7, 11) is 3.76. The van der Waals surface area contributed by atoms with Crippen molar-refractivity contribution in [2.45, 2.75) is 11.0 Å². The fraction of sp³-hybridized carbons (Fsp3) is 0.211. The van der Waals surface area contributed by atoms with Crippen molar-refractivity contribution in [3.05, 3.63) is 76.6 Å². The van der Waals surface area contributed by atoms with Gasteiger partial charge in [-0.3, -0.25) is 0 Å². The van der Waals surface area contributed by atoms with Crippen LogP contribution in [0, 0.1) is 0 Å². The summed E-state index contributed by atoms with van der Waals surface area (Å²) in [6, 6.07) is 18.3. The molecule has 26 heavy (non-hydrogen) atoms. The van der Waals surface area contributed by atoms with Gasteiger partial charge >= 0.3 is 0 Å². The van der Waals surface area contributed by atoms with Crippen molar-refractivity contribution in [2.75, 3.05) is 24.7 Å². The van der Waals surface area contributed by atoms with Crippen LogP contribution < -0.4 is 10.6 Å². The van der Waals surface area contributed by atoms with Gasteiger partial charge in [0, 0.05) is 19.1 Å². The molecule has 5 nitrogen and oxygen atoms in total. The maximum Gasteiger partial charge on any atom is 0.229 e. The highest BCUT2D eigenvalue weighted by atomic mass is 35.5. The highest BCUT2D eigenvalue weighted by Gasteiger charge is 2.16. The van der Waals surface area contributed by atoms with Gasteiger partial charge in [-0.25, -0.2) is 0 Å². The molecular formula is C19H20ClN5S. The normalized spacial score (nSPS) is 12.0. The lowest BCUT2D eigenvalue weighted by molar-refractivity contribution is 0.918. The molecule has 0 saturated carbocycles. The summed E-state index contributed by atoms with van der Waals surface area (Å²) in [5, 5.41) is 0.876. The molecule has 0 fully saturated rings. The van der Waals surface area contributed by atoms with Crippen molar-refractivity contribution in [1.82, 2.24) is 15.0 Å². The Hall–Kier alpha value is -2.31. The highest BCUT2D eigenvalue weighted by Crippen LogP contribution is 2.37. The van der Waals surface area contributed by atoms with Gasteiger partial charge in [0.2, 0.25) is 11.9 Å². The molecule has 0 bridgehead atoms. The fourth-order valence-corrected chi connectivity index (χ4v) is 3.77. The van der Waals surface area contributed by atoms with Crippen LogP contribution in [0.15, 0.2) is 54.6 Å². The zero-order valence-corrected chi connectivity index (χ0v) is 16.2. The molecule has 0 aliphatic heterocycles. The Labute approximate surface area is 162 Å². The van der Waals surface area contributed by atoms with E-state index >= 15 is 0 Å². The van der Waals surface area contributed by atoms with E-state index in [2.05, 4.69) is 39.2 Å². The van der Waals surface area contributed by atoms with Crippen molar-refractivity contribution >= 4 is 35.3 Å². The predicted octanol–water partition coefficient (Wildman–Crippen LogP) is 4.20. The Bertz CT molecular complexity index is 856. The monoisotopic (exact) mass is 385 g/mol. The second kappa shape index (κ2) is 8.38. The molecule has 0 aliphatic rings. The number of halogens is 1. The number of hydrogen-bond donors (Lipinski definition) is 1. The van der Waals surface area contributed by atoms with E-state index in [1.54, 1.807) is 11.8 Å². The molecule has 0 amide bonds. The molecule has 0 aliphatic carbocycles. The van der Waals surface area contributed by atoms with Gasteiger partial charge in [0.15, 0.2) is 0 Å². The minimum Gasteiger partial charge on any atom is -0.368 e. The lowest BCUT2D eigenvalue weighted by atomic mass is 10.0. The van der Waals surface area contributed by atoms with Crippen molar-refractivity contribution in [1.29, 1.82) is 0 Å². The minimum absolute atomic E-state index is 0.147. The largest absolute Gasteiger partial charge is 0.368 e. The topological polar surface area (TPSA) is 67.9 Å². The number of aromatic nitrogens is 3. The van der Waals surface area contributed by atoms with Gasteiger partial charge in [-0.1, -0.05) is 54.1 Å². The number of thioether (sulfide) groups is 1. The Morgan fingerprint density at radius 3 is 2.27 bits per heavy atom. The number of nitrogens with two attached hydrogens (primary N) is 1. The van der Waals surface area contributed by atoms with Gasteiger partial charge in [0.05, 0.1) is 11.0 Å². The number of nitrogens with zero attached hydrogens (tertiary/aromatic N) is 4. The predicted molar refractivity (Wildman–Crippen MR) is 110 cm³/mol. The Kier molecular flexibility index (Phi) is 5.96. The van der Waals surface area contributed by atoms with Crippen molar-refractivity contribution < 1.29 is 0 Å². The Morgan fingerprint density at radius 2 is 1.62 bits per heavy atom. The molecule has 3 rings (SSSR count). The van der Waals surface area contributed by atoms with Gasteiger partial charge < -0.3 is 10.6 Å². The van der Waals surface area contributed by atoms with Crippen LogP contribution in [0.25, 0.3) is 0 Å². The third-order valence-electron chi connectivity index (χ3n) is 3.74. The summed E-state index contributed by atoms with van der Waals surface area (Å²) in [5.74, 6) is 2.09. The van der Waals surface area contributed by atoms with Crippen LogP contribution in [0.4, 0.5) is 11.9 Å². The zero-order valence-electron chi connectivity index (χ0n) is 14.6. The second-order valence-corrected chi connectivity index (χ2v) is 7.49. The van der Waals surface area contributed by atoms with Crippen LogP contribution in [0.2, 0.25) is 5.02 Å². The van der Waals surface area contributed by atoms with Gasteiger partial charge in [0.25, 0.3) is 0 Å². The van der Waals surface area contributed by atoms with E-state index in [0.29, 0.717) is 17.5 Å². The Balaban J connectivity index is 1.86. The van der Waals surface area contributed by atoms with E-state index in [9.17, 15) is 0 Å². The molecule has 0 spiro atoms. The molecule has 2 N–H and O–H groups in total. The third-order valence-corrected chi connectivity index (χ3v) is 5.30. The highest BCUT2D eigenvalue weighted by molar-refractivity contribution is 7.98. The molecule has 1 unspecified atom stereocenters. The summed E-state index contributed by atoms with van der Waals surface area (Å²) >= 11 is 7.79. The molecule has 3 aromatic rings. The van der Waals surface area contributed by atoms with E-state index in [1.165, 1.54) is 11.1 Å². The molecule has 7 heteroatoms. The Morgan fingerprint density at radius 1 is 0.962 bits per heavy atom. The van der Waals surface area contributed by atoms with Crippen molar-refractivity contribution in [3.8, 4) is 0 Å². The standard InChI is InChI=1S/C19H20ClN5S/c1-25(2)19-23-16(22-18(21)24-19)12-26-17(13-6-4-3-5-7-13)14-8-10-15(20)11-9-14/h3-11,17H,12H2,1-2H3,(H2,21,22,23,24). The average molecular weight is 386 g/mol. The van der Waals surface area contributed by atoms with Crippen LogP contribution in [-0.2, 0) is 5.75 Å². The maximum absolute atomic E-state index is 6.05. The van der Waals surface area contributed by atoms with E-state index < -0.39 is 0 Å². The lowest BCUT2D eigenvalue weighted by Gasteiger charge is -2.18. The van der Waals surface area contributed by atoms with Crippen LogP contribution in [0.5, 0.6) is 0 Å². The van der Waals surface area contributed by atoms with Crippen LogP contribution in [-0.4, -0.2) is 29.0 Å². The first-order valence-electron chi connectivity index (χ1n) is 8.12. The summed E-state index contributed by atoms with van der Waals surface area (Å²) in [6.07, 6.45) is 0. The van der Waals surface area contributed by atoms with Crippen molar-refractivity contribution in [2.24, 2.45) is 0 Å². The SMILES string of the molecule is CN(C)c1nc(N)nc(CSC(c2ccccc2)c2ccc(Cl)cc2)n1. The molecule has 0 saturated heterocycles. The summed E-state index contributed by atoms with van der Waals surface area (Å²) < 4.78 is 0. The number of anilines is 2. The molecular weight excluding hydrogens is 366 g/mol. The quantitative estimate of drug-likeness (QED) is 0.686. The first-order valence-corrected chi connectivity index (χ1v) is 9.55. The number of benzene rings is 2. The molecule has 134 valence electrons. The van der Waals surface area contributed by atoms with Gasteiger partial charge in [0.1, 0.15) is 5.82 Å². The third kappa shape index (κ3) is 4.65. The van der Waals surface area contributed by atoms with E-state index in [1.807, 2.05) is 49.3 Å². The van der Waals surface area contributed by atoms with Gasteiger partial charge in [-0.15, -0.1) is 11.8 Å². The molecule has 1 heterocycles. The average Bonchev–Trinajstić information content (AvgIpc) is 2.64. The summed E-state index contributed by atoms with van der Waals surface area (Å²) in [6.45, 7) is 0. The molecule has 1 atom stereocenters. The molecule has 1 aromatic heterocycles. The number of nitrogen functional groups attached to an aromatic ring is 1. The zero-order chi connectivity index (χ0) is 18.5. The molecule has 0 radical (unpaired) electrons. The van der Waals surface area contributed by atoms with Crippen LogP contribution >= 0.6 is 23.4 Å². The minimum atomic E-state index is 0.147.